The van der Waals surface area contributed by atoms with Crippen LogP contribution in [0.1, 0.15) is 43.7 Å². The van der Waals surface area contributed by atoms with E-state index in [1.165, 1.54) is 0 Å². The zero-order valence-corrected chi connectivity index (χ0v) is 14.9. The zero-order valence-electron chi connectivity index (χ0n) is 14.9. The molecule has 1 unspecified atom stereocenters. The molecular formula is C19H23N3O3. The smallest absolute Gasteiger partial charge is 0.222 e. The molecule has 0 radical (unpaired) electrons. The summed E-state index contributed by atoms with van der Waals surface area (Å²) >= 11 is 0. The average Bonchev–Trinajstić information content (AvgIpc) is 3.11. The molecule has 2 aromatic rings. The normalized spacial score (nSPS) is 16.8. The first-order valence-electron chi connectivity index (χ1n) is 8.57. The van der Waals surface area contributed by atoms with Gasteiger partial charge in [0.05, 0.1) is 13.2 Å². The first-order valence-corrected chi connectivity index (χ1v) is 8.57. The summed E-state index contributed by atoms with van der Waals surface area (Å²) in [6.07, 6.45) is 2.36. The lowest BCUT2D eigenvalue weighted by atomic mass is 10.2. The van der Waals surface area contributed by atoms with Crippen molar-refractivity contribution < 1.29 is 14.3 Å². The molecule has 1 atom stereocenters. The number of amides is 1. The van der Waals surface area contributed by atoms with Crippen molar-refractivity contribution in [3.63, 3.8) is 0 Å². The largest absolute Gasteiger partial charge is 0.497 e. The van der Waals surface area contributed by atoms with Crippen LogP contribution in [0.3, 0.4) is 0 Å². The number of carbonyl (C=O) groups excluding carboxylic acids is 1. The van der Waals surface area contributed by atoms with Crippen LogP contribution in [0.15, 0.2) is 30.3 Å². The fraction of sp³-hybridized carbons (Fsp3) is 0.421. The molecule has 1 aromatic carbocycles. The molecule has 0 N–H and O–H groups in total. The second-order valence-corrected chi connectivity index (χ2v) is 6.08. The lowest BCUT2D eigenvalue weighted by molar-refractivity contribution is -0.131. The highest BCUT2D eigenvalue weighted by Crippen LogP contribution is 2.32. The minimum Gasteiger partial charge on any atom is -0.497 e. The van der Waals surface area contributed by atoms with Crippen molar-refractivity contribution in [3.05, 3.63) is 41.9 Å². The predicted molar refractivity (Wildman–Crippen MR) is 93.8 cm³/mol. The molecule has 132 valence electrons. The van der Waals surface area contributed by atoms with Gasteiger partial charge < -0.3 is 14.4 Å². The third-order valence-corrected chi connectivity index (χ3v) is 4.30. The van der Waals surface area contributed by atoms with Crippen LogP contribution in [0.5, 0.6) is 17.4 Å². The van der Waals surface area contributed by atoms with Gasteiger partial charge in [0, 0.05) is 24.7 Å². The number of ether oxygens (including phenoxy) is 2. The van der Waals surface area contributed by atoms with Gasteiger partial charge in [0.2, 0.25) is 11.8 Å². The van der Waals surface area contributed by atoms with Gasteiger partial charge in [-0.05, 0) is 44.0 Å². The molecule has 0 aliphatic carbocycles. The van der Waals surface area contributed by atoms with E-state index in [-0.39, 0.29) is 11.9 Å². The lowest BCUT2D eigenvalue weighted by Crippen LogP contribution is -2.30. The number of hydrogen-bond acceptors (Lipinski definition) is 5. The predicted octanol–water partition coefficient (Wildman–Crippen LogP) is 3.66. The first-order chi connectivity index (χ1) is 12.1. The number of aryl methyl sites for hydroxylation is 1. The second-order valence-electron chi connectivity index (χ2n) is 6.08. The number of nitrogens with zero attached hydrogens (tertiary/aromatic N) is 3. The van der Waals surface area contributed by atoms with Gasteiger partial charge in [-0.15, -0.1) is 0 Å². The van der Waals surface area contributed by atoms with Gasteiger partial charge in [-0.1, -0.05) is 6.92 Å². The van der Waals surface area contributed by atoms with Crippen LogP contribution < -0.4 is 9.47 Å². The SMILES string of the molecule is CCC(=O)N1CCCC1c1nc(C)cc(Oc2ccc(OC)cc2)n1. The Morgan fingerprint density at radius 2 is 1.96 bits per heavy atom. The number of benzene rings is 1. The van der Waals surface area contributed by atoms with Crippen molar-refractivity contribution >= 4 is 5.91 Å². The van der Waals surface area contributed by atoms with E-state index in [1.807, 2.05) is 43.0 Å². The highest BCUT2D eigenvalue weighted by atomic mass is 16.5. The summed E-state index contributed by atoms with van der Waals surface area (Å²) in [6, 6.07) is 9.07. The summed E-state index contributed by atoms with van der Waals surface area (Å²) in [4.78, 5) is 23.1. The molecule has 1 amide bonds. The van der Waals surface area contributed by atoms with E-state index in [1.54, 1.807) is 13.2 Å². The standard InChI is InChI=1S/C19H23N3O3/c1-4-18(23)22-11-5-6-16(22)19-20-13(2)12-17(21-19)25-15-9-7-14(24-3)8-10-15/h7-10,12,16H,4-6,11H2,1-3H3. The van der Waals surface area contributed by atoms with Crippen molar-refractivity contribution in [2.75, 3.05) is 13.7 Å². The number of rotatable bonds is 5. The molecule has 6 nitrogen and oxygen atoms in total. The van der Waals surface area contributed by atoms with Crippen LogP contribution in [0.2, 0.25) is 0 Å². The maximum atomic E-state index is 12.1. The summed E-state index contributed by atoms with van der Waals surface area (Å²) in [5, 5.41) is 0. The molecule has 3 rings (SSSR count). The number of methoxy groups -OCH3 is 1. The van der Waals surface area contributed by atoms with Crippen molar-refractivity contribution in [1.29, 1.82) is 0 Å². The molecule has 25 heavy (non-hydrogen) atoms. The Kier molecular flexibility index (Phi) is 5.16. The number of aromatic nitrogens is 2. The monoisotopic (exact) mass is 341 g/mol. The Bertz CT molecular complexity index is 746. The molecule has 2 heterocycles. The van der Waals surface area contributed by atoms with Gasteiger partial charge >= 0.3 is 0 Å². The van der Waals surface area contributed by atoms with E-state index in [4.69, 9.17) is 9.47 Å². The van der Waals surface area contributed by atoms with E-state index >= 15 is 0 Å². The van der Waals surface area contributed by atoms with Gasteiger partial charge in [-0.2, -0.15) is 4.98 Å². The molecular weight excluding hydrogens is 318 g/mol. The number of hydrogen-bond donors (Lipinski definition) is 0. The Balaban J connectivity index is 1.83. The molecule has 0 bridgehead atoms. The molecule has 0 spiro atoms. The van der Waals surface area contributed by atoms with Crippen LogP contribution in [0.4, 0.5) is 0 Å². The highest BCUT2D eigenvalue weighted by Gasteiger charge is 2.31. The van der Waals surface area contributed by atoms with Gasteiger partial charge in [0.25, 0.3) is 0 Å². The summed E-state index contributed by atoms with van der Waals surface area (Å²) in [5.41, 5.74) is 0.823. The van der Waals surface area contributed by atoms with Gasteiger partial charge in [-0.3, -0.25) is 4.79 Å². The number of likely N-dealkylation sites (tertiary alicyclic amines) is 1. The molecule has 1 fully saturated rings. The van der Waals surface area contributed by atoms with Gasteiger partial charge in [-0.25, -0.2) is 4.98 Å². The molecule has 0 saturated carbocycles. The molecule has 6 heteroatoms. The van der Waals surface area contributed by atoms with E-state index in [9.17, 15) is 4.79 Å². The van der Waals surface area contributed by atoms with Gasteiger partial charge in [0.1, 0.15) is 11.5 Å². The first kappa shape index (κ1) is 17.2. The Hall–Kier alpha value is -2.63. The fourth-order valence-electron chi connectivity index (χ4n) is 3.06. The molecule has 1 aliphatic heterocycles. The maximum absolute atomic E-state index is 12.1. The molecule has 1 saturated heterocycles. The van der Waals surface area contributed by atoms with E-state index in [2.05, 4.69) is 9.97 Å². The Labute approximate surface area is 147 Å². The van der Waals surface area contributed by atoms with E-state index in [0.29, 0.717) is 23.9 Å². The van der Waals surface area contributed by atoms with Crippen LogP contribution in [-0.4, -0.2) is 34.4 Å². The minimum absolute atomic E-state index is 0.0643. The summed E-state index contributed by atoms with van der Waals surface area (Å²) in [7, 11) is 1.63. The Morgan fingerprint density at radius 1 is 1.24 bits per heavy atom. The summed E-state index contributed by atoms with van der Waals surface area (Å²) < 4.78 is 11.0. The van der Waals surface area contributed by atoms with Crippen LogP contribution in [-0.2, 0) is 4.79 Å². The van der Waals surface area contributed by atoms with E-state index < -0.39 is 0 Å². The van der Waals surface area contributed by atoms with Crippen molar-refractivity contribution in [3.8, 4) is 17.4 Å². The van der Waals surface area contributed by atoms with Crippen molar-refractivity contribution in [1.82, 2.24) is 14.9 Å². The summed E-state index contributed by atoms with van der Waals surface area (Å²) in [6.45, 7) is 4.56. The van der Waals surface area contributed by atoms with Crippen molar-refractivity contribution in [2.45, 2.75) is 39.2 Å². The van der Waals surface area contributed by atoms with Crippen LogP contribution >= 0.6 is 0 Å². The van der Waals surface area contributed by atoms with Crippen LogP contribution in [0.25, 0.3) is 0 Å². The molecule has 1 aliphatic rings. The topological polar surface area (TPSA) is 64.6 Å². The number of carbonyl (C=O) groups is 1. The lowest BCUT2D eigenvalue weighted by Gasteiger charge is -2.23. The van der Waals surface area contributed by atoms with Crippen LogP contribution in [0, 0.1) is 6.92 Å². The Morgan fingerprint density at radius 3 is 2.64 bits per heavy atom. The minimum atomic E-state index is -0.0643. The summed E-state index contributed by atoms with van der Waals surface area (Å²) in [5.74, 6) is 2.74. The quantitative estimate of drug-likeness (QED) is 0.830. The fourth-order valence-corrected chi connectivity index (χ4v) is 3.06. The maximum Gasteiger partial charge on any atom is 0.222 e. The highest BCUT2D eigenvalue weighted by molar-refractivity contribution is 5.76. The third kappa shape index (κ3) is 3.90. The van der Waals surface area contributed by atoms with Gasteiger partial charge in [0.15, 0.2) is 5.82 Å². The third-order valence-electron chi connectivity index (χ3n) is 4.30. The second kappa shape index (κ2) is 7.51. The van der Waals surface area contributed by atoms with Crippen molar-refractivity contribution in [2.24, 2.45) is 0 Å². The zero-order chi connectivity index (χ0) is 17.8. The molecule has 1 aromatic heterocycles. The van der Waals surface area contributed by atoms with E-state index in [0.717, 1.165) is 30.8 Å². The average molecular weight is 341 g/mol.